The van der Waals surface area contributed by atoms with Gasteiger partial charge in [0.15, 0.2) is 12.3 Å². The lowest BCUT2D eigenvalue weighted by molar-refractivity contribution is 0.00161. The molecule has 0 spiro atoms. The molecule has 2 amide bonds. The van der Waals surface area contributed by atoms with Gasteiger partial charge in [-0.05, 0) is 53.4 Å². The first kappa shape index (κ1) is 41.5. The number of amides is 2. The second-order valence-corrected chi connectivity index (χ2v) is 17.9. The number of aryl methyl sites for hydroxylation is 2. The Morgan fingerprint density at radius 1 is 0.645 bits per heavy atom. The highest BCUT2D eigenvalue weighted by Crippen LogP contribution is 2.41. The summed E-state index contributed by atoms with van der Waals surface area (Å²) in [6.07, 6.45) is 6.05. The van der Waals surface area contributed by atoms with Crippen molar-refractivity contribution in [1.82, 2.24) is 49.3 Å². The first-order valence-electron chi connectivity index (χ1n) is 21.4. The van der Waals surface area contributed by atoms with Crippen LogP contribution in [0.2, 0.25) is 0 Å². The van der Waals surface area contributed by atoms with Crippen LogP contribution in [0.3, 0.4) is 0 Å². The standard InChI is InChI=1S/2C21H27FN6O3/c2*1-13-18(28-9-14-8-25-26(3)16(14)11-28)23-12-24-19(13)30-17-4-7-27(10-15(17)22)20(29)31-21(2)5-6-21/h2*8,12,15,17H,4-7,9-11H2,1-3H3/t15-,17?;15-,17+/m01/s1. The molecule has 18 nitrogen and oxygen atoms in total. The number of fused-ring (bicyclic) bond motifs is 2. The minimum absolute atomic E-state index is 0.0367. The van der Waals surface area contributed by atoms with Crippen LogP contribution in [0.25, 0.3) is 0 Å². The number of likely N-dealkylation sites (tertiary alicyclic amines) is 2. The summed E-state index contributed by atoms with van der Waals surface area (Å²) in [7, 11) is 3.86. The number of piperidine rings is 2. The van der Waals surface area contributed by atoms with Gasteiger partial charge in [-0.15, -0.1) is 0 Å². The molecule has 10 rings (SSSR count). The summed E-state index contributed by atoms with van der Waals surface area (Å²) in [4.78, 5) is 49.1. The number of carbonyl (C=O) groups is 2. The number of alkyl halides is 2. The minimum Gasteiger partial charge on any atom is -0.471 e. The van der Waals surface area contributed by atoms with E-state index in [4.69, 9.17) is 18.9 Å². The lowest BCUT2D eigenvalue weighted by Gasteiger charge is -2.34. The van der Waals surface area contributed by atoms with Crippen LogP contribution < -0.4 is 19.3 Å². The Morgan fingerprint density at radius 2 is 1.05 bits per heavy atom. The number of anilines is 2. The van der Waals surface area contributed by atoms with Crippen molar-refractivity contribution < 1.29 is 37.3 Å². The van der Waals surface area contributed by atoms with Gasteiger partial charge in [0.2, 0.25) is 11.8 Å². The van der Waals surface area contributed by atoms with E-state index in [1.54, 1.807) is 0 Å². The molecule has 62 heavy (non-hydrogen) atoms. The van der Waals surface area contributed by atoms with Crippen molar-refractivity contribution in [2.75, 3.05) is 36.0 Å². The fourth-order valence-electron chi connectivity index (χ4n) is 8.36. The molecule has 2 aliphatic carbocycles. The Bertz CT molecular complexity index is 2170. The summed E-state index contributed by atoms with van der Waals surface area (Å²) < 4.78 is 56.3. The van der Waals surface area contributed by atoms with E-state index in [1.165, 1.54) is 33.6 Å². The van der Waals surface area contributed by atoms with Crippen LogP contribution in [0.15, 0.2) is 25.0 Å². The van der Waals surface area contributed by atoms with Gasteiger partial charge < -0.3 is 38.5 Å². The lowest BCUT2D eigenvalue weighted by atomic mass is 10.1. The Labute approximate surface area is 358 Å². The molecule has 0 N–H and O–H groups in total. The molecule has 4 aromatic heterocycles. The average molecular weight is 861 g/mol. The summed E-state index contributed by atoms with van der Waals surface area (Å²) in [5.74, 6) is 2.31. The van der Waals surface area contributed by atoms with Gasteiger partial charge in [0.05, 0.1) is 61.1 Å². The van der Waals surface area contributed by atoms with E-state index in [2.05, 4.69) is 39.9 Å². The van der Waals surface area contributed by atoms with Gasteiger partial charge in [-0.3, -0.25) is 9.36 Å². The maximum absolute atomic E-state index is 14.9. The summed E-state index contributed by atoms with van der Waals surface area (Å²) in [6.45, 7) is 11.1. The Hall–Kier alpha value is -5.82. The predicted molar refractivity (Wildman–Crippen MR) is 219 cm³/mol. The number of carbonyl (C=O) groups excluding carboxylic acids is 2. The Morgan fingerprint density at radius 3 is 1.40 bits per heavy atom. The smallest absolute Gasteiger partial charge is 0.410 e. The highest BCUT2D eigenvalue weighted by Gasteiger charge is 2.45. The van der Waals surface area contributed by atoms with Crippen LogP contribution in [-0.4, -0.2) is 123 Å². The van der Waals surface area contributed by atoms with Crippen molar-refractivity contribution in [1.29, 1.82) is 0 Å². The van der Waals surface area contributed by atoms with E-state index < -0.39 is 36.7 Å². The number of hydrogen-bond donors (Lipinski definition) is 0. The van der Waals surface area contributed by atoms with Crippen LogP contribution in [-0.2, 0) is 49.7 Å². The third-order valence-electron chi connectivity index (χ3n) is 12.9. The van der Waals surface area contributed by atoms with Crippen LogP contribution in [0.5, 0.6) is 11.8 Å². The van der Waals surface area contributed by atoms with Gasteiger partial charge in [-0.2, -0.15) is 10.2 Å². The third-order valence-corrected chi connectivity index (χ3v) is 12.9. The van der Waals surface area contributed by atoms with Crippen molar-refractivity contribution in [3.63, 3.8) is 0 Å². The lowest BCUT2D eigenvalue weighted by Crippen LogP contribution is -2.50. The zero-order valence-corrected chi connectivity index (χ0v) is 36.1. The molecule has 8 heterocycles. The van der Waals surface area contributed by atoms with Gasteiger partial charge in [0.1, 0.15) is 47.7 Å². The molecule has 332 valence electrons. The maximum Gasteiger partial charge on any atom is 0.410 e. The molecule has 4 aromatic rings. The Balaban J connectivity index is 0.000000158. The SMILES string of the molecule is Cc1c(OC2CCN(C(=O)OC3(C)CC3)C[C@@H]2F)ncnc1N1Cc2cnn(C)c2C1.Cc1c(O[C@H]2CCN(C(=O)OC3(C)CC3)C[C@H]2F)ncnc1N1Cc2cnn(C)c2C1. The van der Waals surface area contributed by atoms with Crippen LogP contribution in [0, 0.1) is 13.8 Å². The monoisotopic (exact) mass is 860 g/mol. The molecule has 20 heteroatoms. The molecule has 6 aliphatic rings. The molecule has 2 saturated carbocycles. The molecule has 4 fully saturated rings. The normalized spacial score (nSPS) is 24.1. The zero-order chi connectivity index (χ0) is 43.5. The maximum atomic E-state index is 14.9. The third kappa shape index (κ3) is 8.51. The fraction of sp³-hybridized carbons (Fsp3) is 0.619. The van der Waals surface area contributed by atoms with Crippen LogP contribution in [0.4, 0.5) is 30.0 Å². The van der Waals surface area contributed by atoms with Gasteiger partial charge in [0.25, 0.3) is 0 Å². The van der Waals surface area contributed by atoms with E-state index in [0.717, 1.165) is 59.8 Å². The van der Waals surface area contributed by atoms with Crippen molar-refractivity contribution in [3.8, 4) is 11.8 Å². The number of rotatable bonds is 8. The van der Waals surface area contributed by atoms with E-state index in [0.29, 0.717) is 63.9 Å². The Kier molecular flexibility index (Phi) is 10.8. The molecule has 0 radical (unpaired) electrons. The number of aromatic nitrogens is 8. The largest absolute Gasteiger partial charge is 0.471 e. The van der Waals surface area contributed by atoms with Crippen molar-refractivity contribution in [2.24, 2.45) is 14.1 Å². The molecular weight excluding hydrogens is 807 g/mol. The van der Waals surface area contributed by atoms with Crippen LogP contribution >= 0.6 is 0 Å². The molecule has 0 aromatic carbocycles. The number of hydrogen-bond acceptors (Lipinski definition) is 14. The van der Waals surface area contributed by atoms with E-state index in [-0.39, 0.29) is 24.3 Å². The van der Waals surface area contributed by atoms with Gasteiger partial charge in [0, 0.05) is 64.2 Å². The van der Waals surface area contributed by atoms with Gasteiger partial charge in [-0.25, -0.2) is 38.3 Å². The highest BCUT2D eigenvalue weighted by molar-refractivity contribution is 5.69. The summed E-state index contributed by atoms with van der Waals surface area (Å²) in [5.41, 5.74) is 5.48. The van der Waals surface area contributed by atoms with E-state index in [9.17, 15) is 18.4 Å². The molecule has 0 bridgehead atoms. The predicted octanol–water partition coefficient (Wildman–Crippen LogP) is 5.04. The first-order valence-corrected chi connectivity index (χ1v) is 21.4. The quantitative estimate of drug-likeness (QED) is 0.231. The van der Waals surface area contributed by atoms with Gasteiger partial charge in [-0.1, -0.05) is 0 Å². The minimum atomic E-state index is -1.31. The molecular formula is C42H54F2N12O6. The highest BCUT2D eigenvalue weighted by atomic mass is 19.1. The molecule has 2 saturated heterocycles. The van der Waals surface area contributed by atoms with Crippen molar-refractivity contribution >= 4 is 23.8 Å². The number of halogens is 2. The average Bonchev–Trinajstić information content (AvgIpc) is 3.84. The molecule has 4 atom stereocenters. The fourth-order valence-corrected chi connectivity index (χ4v) is 8.36. The van der Waals surface area contributed by atoms with Gasteiger partial charge >= 0.3 is 12.2 Å². The summed E-state index contributed by atoms with van der Waals surface area (Å²) >= 11 is 0. The molecule has 4 aliphatic heterocycles. The summed E-state index contributed by atoms with van der Waals surface area (Å²) in [6, 6.07) is 0. The number of ether oxygens (including phenoxy) is 4. The first-order chi connectivity index (χ1) is 29.7. The second-order valence-electron chi connectivity index (χ2n) is 17.9. The van der Waals surface area contributed by atoms with E-state index >= 15 is 0 Å². The molecule has 1 unspecified atom stereocenters. The van der Waals surface area contributed by atoms with Crippen molar-refractivity contribution in [3.05, 3.63) is 58.7 Å². The number of nitrogens with zero attached hydrogens (tertiary/aromatic N) is 12. The topological polar surface area (TPSA) is 171 Å². The van der Waals surface area contributed by atoms with Crippen molar-refractivity contribution in [2.45, 2.75) is 128 Å². The summed E-state index contributed by atoms with van der Waals surface area (Å²) in [5, 5.41) is 8.57. The van der Waals surface area contributed by atoms with Crippen LogP contribution in [0.1, 0.15) is 86.0 Å². The van der Waals surface area contributed by atoms with E-state index in [1.807, 2.05) is 63.5 Å². The second kappa shape index (κ2) is 16.1. The zero-order valence-electron chi connectivity index (χ0n) is 36.1.